The topological polar surface area (TPSA) is 41.3 Å². The zero-order valence-electron chi connectivity index (χ0n) is 13.4. The standard InChI is InChI=1S/C15H28ClN3O/c1-6-13-12(14(16)18(5)17-13)10-19(8-7-9-20)11-15(2,3)4/h20H,6-11H2,1-5H3. The second-order valence-electron chi connectivity index (χ2n) is 6.54. The van der Waals surface area contributed by atoms with Crippen molar-refractivity contribution in [2.45, 2.75) is 47.1 Å². The molecule has 4 nitrogen and oxygen atoms in total. The van der Waals surface area contributed by atoms with Gasteiger partial charge in [-0.25, -0.2) is 0 Å². The lowest BCUT2D eigenvalue weighted by Crippen LogP contribution is -2.33. The Labute approximate surface area is 127 Å². The molecular weight excluding hydrogens is 274 g/mol. The van der Waals surface area contributed by atoms with Crippen molar-refractivity contribution in [2.24, 2.45) is 12.5 Å². The molecule has 0 radical (unpaired) electrons. The molecule has 0 unspecified atom stereocenters. The molecule has 0 aromatic carbocycles. The highest BCUT2D eigenvalue weighted by Gasteiger charge is 2.20. The Kier molecular flexibility index (Phi) is 6.49. The van der Waals surface area contributed by atoms with Gasteiger partial charge in [0.15, 0.2) is 0 Å². The van der Waals surface area contributed by atoms with Gasteiger partial charge in [-0.1, -0.05) is 39.3 Å². The third-order valence-corrected chi connectivity index (χ3v) is 3.67. The third kappa shape index (κ3) is 5.08. The first-order chi connectivity index (χ1) is 9.28. The van der Waals surface area contributed by atoms with E-state index in [9.17, 15) is 0 Å². The van der Waals surface area contributed by atoms with Crippen molar-refractivity contribution in [3.8, 4) is 0 Å². The molecule has 0 atom stereocenters. The monoisotopic (exact) mass is 301 g/mol. The Balaban J connectivity index is 2.88. The van der Waals surface area contributed by atoms with Gasteiger partial charge >= 0.3 is 0 Å². The first-order valence-electron chi connectivity index (χ1n) is 7.32. The SMILES string of the molecule is CCc1nn(C)c(Cl)c1CN(CCCO)CC(C)(C)C. The summed E-state index contributed by atoms with van der Waals surface area (Å²) in [7, 11) is 1.88. The average Bonchev–Trinajstić information content (AvgIpc) is 2.61. The van der Waals surface area contributed by atoms with Crippen LogP contribution in [-0.2, 0) is 20.0 Å². The molecular formula is C15H28ClN3O. The lowest BCUT2D eigenvalue weighted by molar-refractivity contribution is 0.165. The summed E-state index contributed by atoms with van der Waals surface area (Å²) in [6, 6.07) is 0. The Morgan fingerprint density at radius 3 is 2.50 bits per heavy atom. The molecule has 1 aromatic rings. The molecule has 1 N–H and O–H groups in total. The van der Waals surface area contributed by atoms with Gasteiger partial charge in [0.2, 0.25) is 0 Å². The van der Waals surface area contributed by atoms with Crippen LogP contribution in [0.15, 0.2) is 0 Å². The van der Waals surface area contributed by atoms with E-state index in [2.05, 4.69) is 37.7 Å². The lowest BCUT2D eigenvalue weighted by atomic mass is 9.95. The molecule has 1 rings (SSSR count). The minimum absolute atomic E-state index is 0.219. The molecule has 5 heteroatoms. The molecule has 116 valence electrons. The van der Waals surface area contributed by atoms with Crippen molar-refractivity contribution in [1.82, 2.24) is 14.7 Å². The summed E-state index contributed by atoms with van der Waals surface area (Å²) in [6.07, 6.45) is 1.68. The molecule has 1 heterocycles. The number of halogens is 1. The van der Waals surface area contributed by atoms with E-state index < -0.39 is 0 Å². The Morgan fingerprint density at radius 1 is 1.35 bits per heavy atom. The van der Waals surface area contributed by atoms with Gasteiger partial charge < -0.3 is 5.11 Å². The van der Waals surface area contributed by atoms with Crippen LogP contribution in [0, 0.1) is 5.41 Å². The molecule has 0 bridgehead atoms. The first-order valence-corrected chi connectivity index (χ1v) is 7.69. The number of rotatable bonds is 7. The van der Waals surface area contributed by atoms with E-state index in [4.69, 9.17) is 16.7 Å². The molecule has 0 saturated carbocycles. The van der Waals surface area contributed by atoms with Gasteiger partial charge in [0, 0.05) is 38.9 Å². The summed E-state index contributed by atoms with van der Waals surface area (Å²) in [5.74, 6) is 0. The van der Waals surface area contributed by atoms with Crippen LogP contribution in [-0.4, -0.2) is 39.5 Å². The second kappa shape index (κ2) is 7.43. The maximum absolute atomic E-state index is 9.07. The number of aliphatic hydroxyl groups is 1. The minimum atomic E-state index is 0.219. The Bertz CT molecular complexity index is 423. The molecule has 0 aliphatic rings. The number of aromatic nitrogens is 2. The predicted octanol–water partition coefficient (Wildman–Crippen LogP) is 2.87. The van der Waals surface area contributed by atoms with E-state index in [0.717, 1.165) is 48.9 Å². The van der Waals surface area contributed by atoms with Gasteiger partial charge in [-0.05, 0) is 18.3 Å². The summed E-state index contributed by atoms with van der Waals surface area (Å²) < 4.78 is 1.75. The normalized spacial score (nSPS) is 12.4. The van der Waals surface area contributed by atoms with Crippen LogP contribution in [0.25, 0.3) is 0 Å². The fourth-order valence-corrected chi connectivity index (χ4v) is 2.65. The van der Waals surface area contributed by atoms with E-state index in [-0.39, 0.29) is 12.0 Å². The number of aryl methyl sites for hydroxylation is 2. The second-order valence-corrected chi connectivity index (χ2v) is 6.90. The molecule has 0 fully saturated rings. The maximum Gasteiger partial charge on any atom is 0.131 e. The predicted molar refractivity (Wildman–Crippen MR) is 84.0 cm³/mol. The van der Waals surface area contributed by atoms with Gasteiger partial charge in [-0.3, -0.25) is 9.58 Å². The van der Waals surface area contributed by atoms with Crippen LogP contribution < -0.4 is 0 Å². The van der Waals surface area contributed by atoms with Gasteiger partial charge in [-0.15, -0.1) is 0 Å². The summed E-state index contributed by atoms with van der Waals surface area (Å²) in [5, 5.41) is 14.3. The van der Waals surface area contributed by atoms with Crippen LogP contribution in [0.2, 0.25) is 5.15 Å². The minimum Gasteiger partial charge on any atom is -0.396 e. The van der Waals surface area contributed by atoms with Crippen molar-refractivity contribution in [1.29, 1.82) is 0 Å². The number of hydrogen-bond acceptors (Lipinski definition) is 3. The van der Waals surface area contributed by atoms with E-state index in [0.29, 0.717) is 0 Å². The molecule has 0 saturated heterocycles. The van der Waals surface area contributed by atoms with Crippen LogP contribution in [0.1, 0.15) is 45.4 Å². The zero-order chi connectivity index (χ0) is 15.3. The summed E-state index contributed by atoms with van der Waals surface area (Å²) >= 11 is 6.37. The average molecular weight is 302 g/mol. The molecule has 0 aliphatic heterocycles. The van der Waals surface area contributed by atoms with E-state index in [1.165, 1.54) is 0 Å². The maximum atomic E-state index is 9.07. The van der Waals surface area contributed by atoms with Crippen LogP contribution in [0.4, 0.5) is 0 Å². The largest absolute Gasteiger partial charge is 0.396 e. The molecule has 1 aromatic heterocycles. The fourth-order valence-electron chi connectivity index (χ4n) is 2.44. The highest BCUT2D eigenvalue weighted by molar-refractivity contribution is 6.30. The summed E-state index contributed by atoms with van der Waals surface area (Å²) in [5.41, 5.74) is 2.41. The first kappa shape index (κ1) is 17.5. The highest BCUT2D eigenvalue weighted by Crippen LogP contribution is 2.24. The smallest absolute Gasteiger partial charge is 0.131 e. The van der Waals surface area contributed by atoms with Crippen molar-refractivity contribution in [3.63, 3.8) is 0 Å². The summed E-state index contributed by atoms with van der Waals surface area (Å²) in [4.78, 5) is 2.36. The van der Waals surface area contributed by atoms with Crippen molar-refractivity contribution in [2.75, 3.05) is 19.7 Å². The third-order valence-electron chi connectivity index (χ3n) is 3.20. The molecule has 0 amide bonds. The number of aliphatic hydroxyl groups excluding tert-OH is 1. The zero-order valence-corrected chi connectivity index (χ0v) is 14.2. The number of nitrogens with zero attached hydrogens (tertiary/aromatic N) is 3. The quantitative estimate of drug-likeness (QED) is 0.842. The van der Waals surface area contributed by atoms with Crippen LogP contribution in [0.3, 0.4) is 0 Å². The lowest BCUT2D eigenvalue weighted by Gasteiger charge is -2.30. The molecule has 0 spiro atoms. The van der Waals surface area contributed by atoms with Crippen LogP contribution in [0.5, 0.6) is 0 Å². The van der Waals surface area contributed by atoms with E-state index in [1.807, 2.05) is 7.05 Å². The molecule has 0 aliphatic carbocycles. The Hall–Kier alpha value is -0.580. The van der Waals surface area contributed by atoms with Gasteiger partial charge in [0.25, 0.3) is 0 Å². The van der Waals surface area contributed by atoms with Gasteiger partial charge in [-0.2, -0.15) is 5.10 Å². The Morgan fingerprint density at radius 2 is 2.00 bits per heavy atom. The van der Waals surface area contributed by atoms with Gasteiger partial charge in [0.1, 0.15) is 5.15 Å². The number of hydrogen-bond donors (Lipinski definition) is 1. The summed E-state index contributed by atoms with van der Waals surface area (Å²) in [6.45, 7) is 11.7. The van der Waals surface area contributed by atoms with Crippen LogP contribution >= 0.6 is 11.6 Å². The van der Waals surface area contributed by atoms with Crippen molar-refractivity contribution >= 4 is 11.6 Å². The van der Waals surface area contributed by atoms with Crippen molar-refractivity contribution in [3.05, 3.63) is 16.4 Å². The van der Waals surface area contributed by atoms with Gasteiger partial charge in [0.05, 0.1) is 5.69 Å². The fraction of sp³-hybridized carbons (Fsp3) is 0.800. The molecule has 20 heavy (non-hydrogen) atoms. The van der Waals surface area contributed by atoms with E-state index in [1.54, 1.807) is 4.68 Å². The van der Waals surface area contributed by atoms with Crippen molar-refractivity contribution < 1.29 is 5.11 Å². The van der Waals surface area contributed by atoms with E-state index >= 15 is 0 Å². The highest BCUT2D eigenvalue weighted by atomic mass is 35.5.